The monoisotopic (exact) mass is 454 g/mol. The molecule has 33 heavy (non-hydrogen) atoms. The van der Waals surface area contributed by atoms with Gasteiger partial charge in [-0.1, -0.05) is 49.2 Å². The average Bonchev–Trinajstić information content (AvgIpc) is 2.80. The zero-order chi connectivity index (χ0) is 23.7. The Morgan fingerprint density at radius 2 is 1.33 bits per heavy atom. The quantitative estimate of drug-likeness (QED) is 0.241. The highest BCUT2D eigenvalue weighted by Crippen LogP contribution is 2.17. The summed E-state index contributed by atoms with van der Waals surface area (Å²) in [5.74, 6) is 1.05. The molecule has 0 heterocycles. The number of benzene rings is 2. The zero-order valence-corrected chi connectivity index (χ0v) is 19.3. The molecule has 2 amide bonds. The molecule has 0 bridgehead atoms. The number of rotatable bonds is 14. The number of esters is 1. The summed E-state index contributed by atoms with van der Waals surface area (Å²) in [4.78, 5) is 35.1. The largest absolute Gasteiger partial charge is 0.427 e. The highest BCUT2D eigenvalue weighted by Gasteiger charge is 2.13. The van der Waals surface area contributed by atoms with Crippen molar-refractivity contribution in [3.63, 3.8) is 0 Å². The van der Waals surface area contributed by atoms with Crippen molar-refractivity contribution in [2.75, 3.05) is 13.1 Å². The smallest absolute Gasteiger partial charge is 0.412 e. The van der Waals surface area contributed by atoms with E-state index in [1.807, 2.05) is 36.4 Å². The van der Waals surface area contributed by atoms with Gasteiger partial charge in [0.15, 0.2) is 0 Å². The highest BCUT2D eigenvalue weighted by molar-refractivity contribution is 5.73. The second kappa shape index (κ2) is 15.5. The lowest BCUT2D eigenvalue weighted by Crippen LogP contribution is -2.32. The van der Waals surface area contributed by atoms with Crippen LogP contribution in [-0.4, -0.2) is 31.1 Å². The van der Waals surface area contributed by atoms with E-state index in [9.17, 15) is 14.4 Å². The highest BCUT2D eigenvalue weighted by atomic mass is 16.6. The van der Waals surface area contributed by atoms with E-state index in [1.165, 1.54) is 6.92 Å². The molecule has 0 saturated carbocycles. The summed E-state index contributed by atoms with van der Waals surface area (Å²) in [6.45, 7) is 2.66. The Kier molecular flexibility index (Phi) is 12.1. The van der Waals surface area contributed by atoms with Crippen molar-refractivity contribution >= 4 is 18.0 Å². The molecule has 178 valence electrons. The fourth-order valence-corrected chi connectivity index (χ4v) is 3.40. The molecule has 1 atom stereocenters. The number of ether oxygens (including phenoxy) is 2. The third-order valence-corrected chi connectivity index (χ3v) is 5.12. The Hall–Kier alpha value is -3.35. The maximum atomic E-state index is 12.1. The first kappa shape index (κ1) is 25.9. The molecular formula is C26H34N2O5. The van der Waals surface area contributed by atoms with E-state index in [2.05, 4.69) is 10.6 Å². The number of nitrogens with one attached hydrogen (secondary N) is 2. The third kappa shape index (κ3) is 12.3. The fourth-order valence-electron chi connectivity index (χ4n) is 3.40. The summed E-state index contributed by atoms with van der Waals surface area (Å²) in [6, 6.07) is 18.0. The van der Waals surface area contributed by atoms with Crippen LogP contribution in [0.15, 0.2) is 60.7 Å². The van der Waals surface area contributed by atoms with Crippen LogP contribution in [0, 0.1) is 5.92 Å². The number of unbranched alkanes of at least 4 members (excludes halogenated alkanes) is 2. The minimum Gasteiger partial charge on any atom is -0.427 e. The molecule has 0 aliphatic heterocycles. The summed E-state index contributed by atoms with van der Waals surface area (Å²) < 4.78 is 10.6. The minimum atomic E-state index is -0.476. The van der Waals surface area contributed by atoms with Gasteiger partial charge in [0, 0.05) is 26.4 Å². The molecule has 0 aromatic heterocycles. The van der Waals surface area contributed by atoms with Gasteiger partial charge >= 0.3 is 12.1 Å². The third-order valence-electron chi connectivity index (χ3n) is 5.12. The van der Waals surface area contributed by atoms with Gasteiger partial charge in [-0.15, -0.1) is 0 Å². The van der Waals surface area contributed by atoms with Gasteiger partial charge in [0.1, 0.15) is 11.5 Å². The lowest BCUT2D eigenvalue weighted by molar-refractivity contribution is -0.134. The Bertz CT molecular complexity index is 842. The number of hydrogen-bond donors (Lipinski definition) is 2. The normalized spacial score (nSPS) is 11.3. The van der Waals surface area contributed by atoms with Crippen LogP contribution in [0.25, 0.3) is 0 Å². The Morgan fingerprint density at radius 3 is 1.94 bits per heavy atom. The molecule has 2 aromatic rings. The van der Waals surface area contributed by atoms with Crippen molar-refractivity contribution < 1.29 is 23.9 Å². The molecule has 2 aromatic carbocycles. The lowest BCUT2D eigenvalue weighted by Gasteiger charge is -2.17. The number of amides is 2. The maximum absolute atomic E-state index is 12.1. The van der Waals surface area contributed by atoms with Gasteiger partial charge in [-0.25, -0.2) is 4.79 Å². The van der Waals surface area contributed by atoms with Gasteiger partial charge in [0.25, 0.3) is 0 Å². The summed E-state index contributed by atoms with van der Waals surface area (Å²) in [6.07, 6.45) is 5.08. The van der Waals surface area contributed by atoms with Crippen LogP contribution in [0.5, 0.6) is 11.5 Å². The molecule has 2 rings (SSSR count). The fraction of sp³-hybridized carbons (Fsp3) is 0.423. The first-order valence-corrected chi connectivity index (χ1v) is 11.5. The standard InChI is InChI=1S/C26H34N2O5/c1-21(29)27-19-11-10-13-22(20-28-26(31)33-24-16-6-3-7-17-24)12-8-9-18-25(30)32-23-14-4-2-5-15-23/h2-7,14-17,22H,8-13,18-20H2,1H3,(H,27,29)(H,28,31). The van der Waals surface area contributed by atoms with Crippen LogP contribution in [0.2, 0.25) is 0 Å². The zero-order valence-electron chi connectivity index (χ0n) is 19.3. The van der Waals surface area contributed by atoms with Crippen LogP contribution in [0.3, 0.4) is 0 Å². The van der Waals surface area contributed by atoms with Gasteiger partial charge in [0.2, 0.25) is 5.91 Å². The molecule has 0 fully saturated rings. The van der Waals surface area contributed by atoms with Crippen molar-refractivity contribution in [1.82, 2.24) is 10.6 Å². The van der Waals surface area contributed by atoms with Crippen LogP contribution in [0.1, 0.15) is 51.9 Å². The Morgan fingerprint density at radius 1 is 0.758 bits per heavy atom. The van der Waals surface area contributed by atoms with Crippen molar-refractivity contribution in [2.45, 2.75) is 51.9 Å². The lowest BCUT2D eigenvalue weighted by atomic mass is 9.95. The molecule has 2 N–H and O–H groups in total. The SMILES string of the molecule is CC(=O)NCCCCC(CCCCC(=O)Oc1ccccc1)CNC(=O)Oc1ccccc1. The Labute approximate surface area is 195 Å². The van der Waals surface area contributed by atoms with E-state index in [-0.39, 0.29) is 17.8 Å². The molecule has 0 aliphatic rings. The van der Waals surface area contributed by atoms with Gasteiger partial charge in [-0.05, 0) is 55.9 Å². The van der Waals surface area contributed by atoms with E-state index in [0.717, 1.165) is 38.5 Å². The van der Waals surface area contributed by atoms with Crippen LogP contribution >= 0.6 is 0 Å². The molecule has 7 nitrogen and oxygen atoms in total. The predicted octanol–water partition coefficient (Wildman–Crippen LogP) is 4.86. The number of carbonyl (C=O) groups excluding carboxylic acids is 3. The van der Waals surface area contributed by atoms with Crippen LogP contribution < -0.4 is 20.1 Å². The first-order chi connectivity index (χ1) is 16.0. The molecule has 1 unspecified atom stereocenters. The molecule has 7 heteroatoms. The topological polar surface area (TPSA) is 93.7 Å². The second-order valence-electron chi connectivity index (χ2n) is 7.96. The Balaban J connectivity index is 1.71. The van der Waals surface area contributed by atoms with E-state index in [0.29, 0.717) is 31.0 Å². The maximum Gasteiger partial charge on any atom is 0.412 e. The van der Waals surface area contributed by atoms with Gasteiger partial charge in [-0.2, -0.15) is 0 Å². The van der Waals surface area contributed by atoms with Crippen molar-refractivity contribution in [1.29, 1.82) is 0 Å². The summed E-state index contributed by atoms with van der Waals surface area (Å²) in [7, 11) is 0. The summed E-state index contributed by atoms with van der Waals surface area (Å²) in [5, 5.41) is 5.65. The minimum absolute atomic E-state index is 0.0285. The first-order valence-electron chi connectivity index (χ1n) is 11.5. The number of hydrogen-bond acceptors (Lipinski definition) is 5. The van der Waals surface area contributed by atoms with Crippen molar-refractivity contribution in [3.8, 4) is 11.5 Å². The second-order valence-corrected chi connectivity index (χ2v) is 7.96. The molecular weight excluding hydrogens is 420 g/mol. The van der Waals surface area contributed by atoms with Crippen LogP contribution in [-0.2, 0) is 9.59 Å². The van der Waals surface area contributed by atoms with Crippen LogP contribution in [0.4, 0.5) is 4.79 Å². The average molecular weight is 455 g/mol. The van der Waals surface area contributed by atoms with E-state index in [1.54, 1.807) is 24.3 Å². The predicted molar refractivity (Wildman–Crippen MR) is 127 cm³/mol. The van der Waals surface area contributed by atoms with Crippen molar-refractivity contribution in [3.05, 3.63) is 60.7 Å². The molecule has 0 spiro atoms. The van der Waals surface area contributed by atoms with Crippen molar-refractivity contribution in [2.24, 2.45) is 5.92 Å². The number of carbonyl (C=O) groups is 3. The van der Waals surface area contributed by atoms with E-state index < -0.39 is 6.09 Å². The summed E-state index contributed by atoms with van der Waals surface area (Å²) in [5.41, 5.74) is 0. The van der Waals surface area contributed by atoms with Gasteiger partial charge < -0.3 is 20.1 Å². The van der Waals surface area contributed by atoms with Gasteiger partial charge in [-0.3, -0.25) is 9.59 Å². The number of para-hydroxylation sites is 2. The summed E-state index contributed by atoms with van der Waals surface area (Å²) >= 11 is 0. The molecule has 0 radical (unpaired) electrons. The van der Waals surface area contributed by atoms with Gasteiger partial charge in [0.05, 0.1) is 0 Å². The molecule has 0 aliphatic carbocycles. The van der Waals surface area contributed by atoms with E-state index >= 15 is 0 Å². The molecule has 0 saturated heterocycles. The van der Waals surface area contributed by atoms with E-state index in [4.69, 9.17) is 9.47 Å².